The van der Waals surface area contributed by atoms with Crippen molar-refractivity contribution in [3.05, 3.63) is 0 Å². The van der Waals surface area contributed by atoms with Crippen LogP contribution in [0.2, 0.25) is 0 Å². The van der Waals surface area contributed by atoms with Crippen LogP contribution in [0.1, 0.15) is 26.7 Å². The Labute approximate surface area is 112 Å². The normalized spacial score (nSPS) is 23.4. The van der Waals surface area contributed by atoms with Crippen molar-refractivity contribution in [1.82, 2.24) is 10.2 Å². The number of carboxylic acids is 1. The molecule has 2 N–H and O–H groups in total. The van der Waals surface area contributed by atoms with E-state index in [0.29, 0.717) is 19.4 Å². The number of carbonyl (C=O) groups is 2. The van der Waals surface area contributed by atoms with Gasteiger partial charge in [-0.25, -0.2) is 18.0 Å². The third kappa shape index (κ3) is 3.59. The fourth-order valence-electron chi connectivity index (χ4n) is 2.06. The molecule has 0 aliphatic carbocycles. The van der Waals surface area contributed by atoms with Gasteiger partial charge in [0.15, 0.2) is 9.84 Å². The molecule has 0 spiro atoms. The lowest BCUT2D eigenvalue weighted by atomic mass is 10.00. The summed E-state index contributed by atoms with van der Waals surface area (Å²) in [6.45, 7) is 3.42. The maximum atomic E-state index is 11.9. The summed E-state index contributed by atoms with van der Waals surface area (Å²) in [5.41, 5.74) is -1.20. The molecule has 0 aromatic carbocycles. The van der Waals surface area contributed by atoms with Gasteiger partial charge < -0.3 is 15.3 Å². The highest BCUT2D eigenvalue weighted by atomic mass is 32.2. The Morgan fingerprint density at radius 1 is 1.42 bits per heavy atom. The van der Waals surface area contributed by atoms with Crippen molar-refractivity contribution in [2.45, 2.75) is 32.2 Å². The summed E-state index contributed by atoms with van der Waals surface area (Å²) in [5.74, 6) is -1.15. The van der Waals surface area contributed by atoms with E-state index < -0.39 is 27.4 Å². The first-order valence-electron chi connectivity index (χ1n) is 6.22. The summed E-state index contributed by atoms with van der Waals surface area (Å²) in [7, 11) is -3.13. The molecule has 1 rings (SSSR count). The number of carbonyl (C=O) groups excluding carboxylic acids is 1. The van der Waals surface area contributed by atoms with E-state index in [1.807, 2.05) is 0 Å². The molecule has 0 aromatic heterocycles. The molecule has 1 heterocycles. The van der Waals surface area contributed by atoms with Crippen molar-refractivity contribution in [2.24, 2.45) is 0 Å². The van der Waals surface area contributed by atoms with Gasteiger partial charge in [-0.3, -0.25) is 0 Å². The second kappa shape index (κ2) is 5.77. The zero-order valence-electron chi connectivity index (χ0n) is 11.2. The van der Waals surface area contributed by atoms with Crippen molar-refractivity contribution < 1.29 is 23.1 Å². The van der Waals surface area contributed by atoms with Crippen LogP contribution in [0.25, 0.3) is 0 Å². The van der Waals surface area contributed by atoms with Gasteiger partial charge in [-0.15, -0.1) is 0 Å². The van der Waals surface area contributed by atoms with Gasteiger partial charge in [0.05, 0.1) is 5.75 Å². The fourth-order valence-corrected chi connectivity index (χ4v) is 2.77. The molecule has 0 bridgehead atoms. The van der Waals surface area contributed by atoms with Gasteiger partial charge in [0.1, 0.15) is 5.54 Å². The maximum Gasteiger partial charge on any atom is 0.329 e. The minimum absolute atomic E-state index is 0.00120. The average molecular weight is 292 g/mol. The van der Waals surface area contributed by atoms with Crippen LogP contribution in [0.4, 0.5) is 4.79 Å². The minimum atomic E-state index is -3.13. The number of sulfone groups is 1. The van der Waals surface area contributed by atoms with Crippen molar-refractivity contribution in [2.75, 3.05) is 24.6 Å². The Kier molecular flexibility index (Phi) is 4.78. The van der Waals surface area contributed by atoms with Crippen molar-refractivity contribution >= 4 is 21.8 Å². The third-order valence-corrected chi connectivity index (χ3v) is 5.18. The number of hydrogen-bond acceptors (Lipinski definition) is 4. The van der Waals surface area contributed by atoms with E-state index in [1.165, 1.54) is 11.8 Å². The Hall–Kier alpha value is -1.31. The van der Waals surface area contributed by atoms with Gasteiger partial charge in [0, 0.05) is 18.8 Å². The molecule has 1 atom stereocenters. The van der Waals surface area contributed by atoms with E-state index >= 15 is 0 Å². The second-order valence-corrected chi connectivity index (χ2v) is 7.28. The lowest BCUT2D eigenvalue weighted by Gasteiger charge is -2.31. The highest BCUT2D eigenvalue weighted by Crippen LogP contribution is 2.28. The summed E-state index contributed by atoms with van der Waals surface area (Å²) in [5, 5.41) is 11.6. The Balaban J connectivity index is 2.57. The molecule has 7 nitrogen and oxygen atoms in total. The first-order valence-corrected chi connectivity index (χ1v) is 8.04. The number of hydrogen-bond donors (Lipinski definition) is 2. The summed E-state index contributed by atoms with van der Waals surface area (Å²) >= 11 is 0. The minimum Gasteiger partial charge on any atom is -0.480 e. The number of nitrogens with zero attached hydrogens (tertiary/aromatic N) is 1. The van der Waals surface area contributed by atoms with Crippen LogP contribution in [0.15, 0.2) is 0 Å². The zero-order chi connectivity index (χ0) is 14.7. The second-order valence-electron chi connectivity index (χ2n) is 4.80. The van der Waals surface area contributed by atoms with Crippen LogP contribution in [-0.4, -0.2) is 60.6 Å². The van der Waals surface area contributed by atoms with Crippen LogP contribution in [0, 0.1) is 0 Å². The molecule has 1 aliphatic rings. The predicted octanol–water partition coefficient (Wildman–Crippen LogP) is 0.0698. The number of rotatable bonds is 5. The summed E-state index contributed by atoms with van der Waals surface area (Å²) in [6.07, 6.45) is 1.03. The molecule has 0 aromatic rings. The standard InChI is InChI=1S/C11H20N2O5S/c1-3-19(17,18)8-6-12-10(16)13-7-4-5-11(13,2)9(14)15/h3-8H2,1-2H3,(H,12,16)(H,14,15). The van der Waals surface area contributed by atoms with Gasteiger partial charge in [-0.05, 0) is 19.8 Å². The Bertz CT molecular complexity index is 462. The Morgan fingerprint density at radius 2 is 2.05 bits per heavy atom. The monoisotopic (exact) mass is 292 g/mol. The van der Waals surface area contributed by atoms with Crippen LogP contribution in [-0.2, 0) is 14.6 Å². The number of urea groups is 1. The van der Waals surface area contributed by atoms with E-state index in [2.05, 4.69) is 5.32 Å². The van der Waals surface area contributed by atoms with Crippen molar-refractivity contribution in [3.8, 4) is 0 Å². The van der Waals surface area contributed by atoms with E-state index in [9.17, 15) is 18.0 Å². The number of amides is 2. The van der Waals surface area contributed by atoms with Crippen molar-refractivity contribution in [3.63, 3.8) is 0 Å². The van der Waals surface area contributed by atoms with Crippen LogP contribution in [0.5, 0.6) is 0 Å². The summed E-state index contributed by atoms with van der Waals surface area (Å²) in [4.78, 5) is 24.4. The van der Waals surface area contributed by atoms with Gasteiger partial charge in [-0.1, -0.05) is 6.92 Å². The highest BCUT2D eigenvalue weighted by molar-refractivity contribution is 7.91. The van der Waals surface area contributed by atoms with E-state index in [-0.39, 0.29) is 18.1 Å². The summed E-state index contributed by atoms with van der Waals surface area (Å²) in [6, 6.07) is -0.520. The SMILES string of the molecule is CCS(=O)(=O)CCNC(=O)N1CCCC1(C)C(=O)O. The molecule has 0 saturated carbocycles. The van der Waals surface area contributed by atoms with E-state index in [1.54, 1.807) is 6.92 Å². The topological polar surface area (TPSA) is 104 Å². The highest BCUT2D eigenvalue weighted by Gasteiger charge is 2.45. The average Bonchev–Trinajstić information content (AvgIpc) is 2.72. The number of carboxylic acid groups (broad SMARTS) is 1. The van der Waals surface area contributed by atoms with Crippen LogP contribution in [0.3, 0.4) is 0 Å². The first kappa shape index (κ1) is 15.7. The smallest absolute Gasteiger partial charge is 0.329 e. The number of likely N-dealkylation sites (tertiary alicyclic amines) is 1. The fraction of sp³-hybridized carbons (Fsp3) is 0.818. The maximum absolute atomic E-state index is 11.9. The summed E-state index contributed by atoms with van der Waals surface area (Å²) < 4.78 is 22.6. The molecular formula is C11H20N2O5S. The van der Waals surface area contributed by atoms with E-state index in [0.717, 1.165) is 0 Å². The quantitative estimate of drug-likeness (QED) is 0.746. The molecule has 2 amide bonds. The number of aliphatic carboxylic acids is 1. The Morgan fingerprint density at radius 3 is 2.58 bits per heavy atom. The van der Waals surface area contributed by atoms with Crippen molar-refractivity contribution in [1.29, 1.82) is 0 Å². The lowest BCUT2D eigenvalue weighted by molar-refractivity contribution is -0.147. The molecule has 19 heavy (non-hydrogen) atoms. The van der Waals surface area contributed by atoms with Crippen LogP contribution < -0.4 is 5.32 Å². The molecule has 8 heteroatoms. The third-order valence-electron chi connectivity index (χ3n) is 3.48. The van der Waals surface area contributed by atoms with Gasteiger partial charge in [0.2, 0.25) is 0 Å². The molecule has 0 radical (unpaired) electrons. The van der Waals surface area contributed by atoms with Gasteiger partial charge in [0.25, 0.3) is 0 Å². The largest absolute Gasteiger partial charge is 0.480 e. The lowest BCUT2D eigenvalue weighted by Crippen LogP contribution is -2.54. The molecule has 1 saturated heterocycles. The van der Waals surface area contributed by atoms with Gasteiger partial charge in [-0.2, -0.15) is 0 Å². The molecule has 1 fully saturated rings. The zero-order valence-corrected chi connectivity index (χ0v) is 12.0. The number of nitrogens with one attached hydrogen (secondary N) is 1. The molecule has 110 valence electrons. The molecule has 1 aliphatic heterocycles. The molecular weight excluding hydrogens is 272 g/mol. The predicted molar refractivity (Wildman–Crippen MR) is 69.7 cm³/mol. The van der Waals surface area contributed by atoms with Gasteiger partial charge >= 0.3 is 12.0 Å². The first-order chi connectivity index (χ1) is 8.73. The van der Waals surface area contributed by atoms with E-state index in [4.69, 9.17) is 5.11 Å². The molecule has 1 unspecified atom stereocenters. The van der Waals surface area contributed by atoms with Crippen LogP contribution >= 0.6 is 0 Å².